The third kappa shape index (κ3) is 4.75. The van der Waals surface area contributed by atoms with Crippen LogP contribution < -0.4 is 26.2 Å². The largest absolute Gasteiger partial charge is 0.341 e. The van der Waals surface area contributed by atoms with Crippen molar-refractivity contribution >= 4 is 40.8 Å². The van der Waals surface area contributed by atoms with Crippen LogP contribution in [-0.2, 0) is 0 Å². The van der Waals surface area contributed by atoms with Crippen molar-refractivity contribution < 1.29 is 9.59 Å². The van der Waals surface area contributed by atoms with E-state index < -0.39 is 0 Å². The first-order chi connectivity index (χ1) is 15.4. The van der Waals surface area contributed by atoms with E-state index in [9.17, 15) is 9.59 Å². The fourth-order valence-electron chi connectivity index (χ4n) is 3.91. The molecule has 0 atom stereocenters. The summed E-state index contributed by atoms with van der Waals surface area (Å²) in [5.41, 5.74) is 2.24. The van der Waals surface area contributed by atoms with E-state index in [1.807, 2.05) is 14.0 Å². The van der Waals surface area contributed by atoms with Crippen molar-refractivity contribution in [2.24, 2.45) is 0 Å². The molecule has 10 heteroatoms. The molecule has 2 aliphatic heterocycles. The Morgan fingerprint density at radius 3 is 2.78 bits per heavy atom. The van der Waals surface area contributed by atoms with Crippen molar-refractivity contribution in [1.29, 1.82) is 0 Å². The summed E-state index contributed by atoms with van der Waals surface area (Å²) in [7, 11) is 4.13. The van der Waals surface area contributed by atoms with Crippen LogP contribution in [0.4, 0.5) is 33.6 Å². The van der Waals surface area contributed by atoms with E-state index in [4.69, 9.17) is 0 Å². The lowest BCUT2D eigenvalue weighted by Crippen LogP contribution is -2.42. The minimum Gasteiger partial charge on any atom is -0.341 e. The van der Waals surface area contributed by atoms with Crippen molar-refractivity contribution in [3.63, 3.8) is 0 Å². The second-order valence-electron chi connectivity index (χ2n) is 8.30. The Morgan fingerprint density at radius 2 is 2.03 bits per heavy atom. The Hall–Kier alpha value is -3.40. The Labute approximate surface area is 187 Å². The normalized spacial score (nSPS) is 16.2. The third-order valence-corrected chi connectivity index (χ3v) is 5.89. The summed E-state index contributed by atoms with van der Waals surface area (Å²) < 4.78 is 0. The number of fused-ring (bicyclic) bond motifs is 2. The molecule has 4 N–H and O–H groups in total. The molecule has 170 valence electrons. The number of aromatic nitrogens is 2. The molecule has 3 amide bonds. The number of piperidine rings is 1. The lowest BCUT2D eigenvalue weighted by Gasteiger charge is -2.35. The molecule has 0 bridgehead atoms. The fraction of sp³-hybridized carbons (Fsp3) is 0.455. The zero-order valence-corrected chi connectivity index (χ0v) is 18.7. The van der Waals surface area contributed by atoms with Crippen LogP contribution in [0.5, 0.6) is 0 Å². The van der Waals surface area contributed by atoms with Crippen LogP contribution in [0, 0.1) is 0 Å². The topological polar surface area (TPSA) is 115 Å². The molecular formula is C22H30N8O2. The number of nitrogens with zero attached hydrogens (tertiary/aromatic N) is 4. The highest BCUT2D eigenvalue weighted by atomic mass is 16.2. The first-order valence-corrected chi connectivity index (χ1v) is 11.0. The summed E-state index contributed by atoms with van der Waals surface area (Å²) in [5, 5.41) is 11.7. The maximum atomic E-state index is 12.7. The van der Waals surface area contributed by atoms with Crippen molar-refractivity contribution in [3.8, 4) is 0 Å². The van der Waals surface area contributed by atoms with Gasteiger partial charge in [0.2, 0.25) is 5.95 Å². The number of hydrogen-bond donors (Lipinski definition) is 4. The van der Waals surface area contributed by atoms with Crippen LogP contribution in [-0.4, -0.2) is 66.6 Å². The summed E-state index contributed by atoms with van der Waals surface area (Å²) in [6.07, 6.45) is 4.50. The molecule has 0 aliphatic carbocycles. The van der Waals surface area contributed by atoms with Crippen LogP contribution in [0.15, 0.2) is 24.4 Å². The van der Waals surface area contributed by atoms with Crippen molar-refractivity contribution in [1.82, 2.24) is 20.2 Å². The molecule has 1 saturated heterocycles. The van der Waals surface area contributed by atoms with Crippen molar-refractivity contribution in [2.75, 3.05) is 54.6 Å². The van der Waals surface area contributed by atoms with Crippen LogP contribution in [0.2, 0.25) is 0 Å². The van der Waals surface area contributed by atoms with Gasteiger partial charge in [-0.15, -0.1) is 0 Å². The Balaban J connectivity index is 1.56. The number of likely N-dealkylation sites (tertiary alicyclic amines) is 1. The molecule has 2 aromatic rings. The van der Waals surface area contributed by atoms with Gasteiger partial charge >= 0.3 is 6.03 Å². The molecule has 0 unspecified atom stereocenters. The standard InChI is InChI=1S/C22H30N8O2/c1-4-9-23-22(32)25-14-5-6-17-18(12-14)26-19-16(20(31)27-17)13-24-21(28-19)30(3)15-7-10-29(2)11-8-15/h5-6,12-13,15H,4,7-11H2,1-3H3,(H,27,31)(H2,23,25,32)(H,24,26,28). The molecule has 1 fully saturated rings. The van der Waals surface area contributed by atoms with Crippen molar-refractivity contribution in [2.45, 2.75) is 32.2 Å². The molecule has 32 heavy (non-hydrogen) atoms. The summed E-state index contributed by atoms with van der Waals surface area (Å²) in [6, 6.07) is 5.36. The van der Waals surface area contributed by atoms with E-state index in [0.29, 0.717) is 47.0 Å². The van der Waals surface area contributed by atoms with E-state index >= 15 is 0 Å². The number of rotatable bonds is 5. The van der Waals surface area contributed by atoms with Crippen LogP contribution in [0.25, 0.3) is 0 Å². The number of amides is 3. The highest BCUT2D eigenvalue weighted by Crippen LogP contribution is 2.33. The lowest BCUT2D eigenvalue weighted by molar-refractivity contribution is 0.102. The average molecular weight is 439 g/mol. The lowest BCUT2D eigenvalue weighted by atomic mass is 10.0. The fourth-order valence-corrected chi connectivity index (χ4v) is 3.91. The molecule has 2 aliphatic rings. The summed E-state index contributed by atoms with van der Waals surface area (Å²) in [6.45, 7) is 4.67. The summed E-state index contributed by atoms with van der Waals surface area (Å²) >= 11 is 0. The van der Waals surface area contributed by atoms with Crippen LogP contribution in [0.1, 0.15) is 36.5 Å². The van der Waals surface area contributed by atoms with E-state index in [1.165, 1.54) is 0 Å². The number of urea groups is 1. The maximum absolute atomic E-state index is 12.7. The quantitative estimate of drug-likeness (QED) is 0.567. The van der Waals surface area contributed by atoms with Gasteiger partial charge in [-0.1, -0.05) is 6.92 Å². The Kier molecular flexibility index (Phi) is 6.40. The van der Waals surface area contributed by atoms with Gasteiger partial charge in [0.05, 0.1) is 11.4 Å². The monoisotopic (exact) mass is 438 g/mol. The molecule has 0 radical (unpaired) electrons. The van der Waals surface area contributed by atoms with Crippen LogP contribution in [0.3, 0.4) is 0 Å². The number of carbonyl (C=O) groups excluding carboxylic acids is 2. The number of hydrogen-bond acceptors (Lipinski definition) is 7. The number of benzene rings is 1. The molecule has 1 aromatic carbocycles. The van der Waals surface area contributed by atoms with Gasteiger partial charge in [0.15, 0.2) is 0 Å². The second kappa shape index (κ2) is 9.39. The summed E-state index contributed by atoms with van der Waals surface area (Å²) in [5.74, 6) is 0.745. The number of nitrogens with one attached hydrogen (secondary N) is 4. The van der Waals surface area contributed by atoms with Gasteiger partial charge in [-0.05, 0) is 57.6 Å². The average Bonchev–Trinajstić information content (AvgIpc) is 2.92. The minimum absolute atomic E-state index is 0.269. The molecule has 10 nitrogen and oxygen atoms in total. The number of carbonyl (C=O) groups is 2. The molecule has 0 spiro atoms. The Morgan fingerprint density at radius 1 is 1.25 bits per heavy atom. The van der Waals surface area contributed by atoms with Gasteiger partial charge in [0, 0.05) is 31.5 Å². The first-order valence-electron chi connectivity index (χ1n) is 11.0. The van der Waals surface area contributed by atoms with Crippen molar-refractivity contribution in [3.05, 3.63) is 30.0 Å². The van der Waals surface area contributed by atoms with Crippen LogP contribution >= 0.6 is 0 Å². The predicted octanol–water partition coefficient (Wildman–Crippen LogP) is 2.85. The number of anilines is 5. The van der Waals surface area contributed by atoms with E-state index in [2.05, 4.69) is 48.1 Å². The molecular weight excluding hydrogens is 408 g/mol. The van der Waals surface area contributed by atoms with Gasteiger partial charge in [0.1, 0.15) is 11.4 Å². The first kappa shape index (κ1) is 21.8. The van der Waals surface area contributed by atoms with Gasteiger partial charge in [0.25, 0.3) is 5.91 Å². The van der Waals surface area contributed by atoms with E-state index in [1.54, 1.807) is 24.4 Å². The smallest absolute Gasteiger partial charge is 0.319 e. The molecule has 0 saturated carbocycles. The van der Waals surface area contributed by atoms with E-state index in [-0.39, 0.29) is 11.9 Å². The second-order valence-corrected chi connectivity index (χ2v) is 8.30. The predicted molar refractivity (Wildman–Crippen MR) is 126 cm³/mol. The molecule has 1 aromatic heterocycles. The summed E-state index contributed by atoms with van der Waals surface area (Å²) in [4.78, 5) is 38.3. The zero-order chi connectivity index (χ0) is 22.7. The maximum Gasteiger partial charge on any atom is 0.319 e. The van der Waals surface area contributed by atoms with Gasteiger partial charge in [-0.3, -0.25) is 4.79 Å². The SMILES string of the molecule is CCCNC(=O)Nc1ccc2c(c1)Nc1nc(N(C)C3CCN(C)CC3)ncc1C(=O)N2. The highest BCUT2D eigenvalue weighted by molar-refractivity contribution is 6.11. The third-order valence-electron chi connectivity index (χ3n) is 5.89. The Bertz CT molecular complexity index is 1000. The molecule has 4 rings (SSSR count). The van der Waals surface area contributed by atoms with Gasteiger partial charge in [-0.25, -0.2) is 9.78 Å². The van der Waals surface area contributed by atoms with Gasteiger partial charge < -0.3 is 31.1 Å². The highest BCUT2D eigenvalue weighted by Gasteiger charge is 2.26. The minimum atomic E-state index is -0.277. The van der Waals surface area contributed by atoms with Gasteiger partial charge in [-0.2, -0.15) is 4.98 Å². The zero-order valence-electron chi connectivity index (χ0n) is 18.7. The van der Waals surface area contributed by atoms with E-state index in [0.717, 1.165) is 32.4 Å². The molecule has 3 heterocycles.